The Bertz CT molecular complexity index is 679. The Morgan fingerprint density at radius 3 is 2.19 bits per heavy atom. The molecule has 0 heterocycles. The summed E-state index contributed by atoms with van der Waals surface area (Å²) in [6.07, 6.45) is 0.677. The van der Waals surface area contributed by atoms with Crippen molar-refractivity contribution in [3.63, 3.8) is 0 Å². The smallest absolute Gasteiger partial charge is 0.269 e. The second kappa shape index (κ2) is 6.04. The van der Waals surface area contributed by atoms with E-state index in [1.54, 1.807) is 24.3 Å². The molecule has 0 spiro atoms. The van der Waals surface area contributed by atoms with Gasteiger partial charge in [0.05, 0.1) is 24.7 Å². The highest BCUT2D eigenvalue weighted by molar-refractivity contribution is 5.85. The summed E-state index contributed by atoms with van der Waals surface area (Å²) >= 11 is 0. The Hall–Kier alpha value is -2.89. The van der Waals surface area contributed by atoms with E-state index in [1.807, 2.05) is 0 Å². The van der Waals surface area contributed by atoms with Gasteiger partial charge in [-0.3, -0.25) is 14.9 Å². The Morgan fingerprint density at radius 2 is 1.71 bits per heavy atom. The number of nitrogens with zero attached hydrogens (tertiary/aromatic N) is 1. The maximum atomic E-state index is 11.2. The van der Waals surface area contributed by atoms with E-state index in [4.69, 9.17) is 9.47 Å². The van der Waals surface area contributed by atoms with E-state index in [0.717, 1.165) is 5.56 Å². The van der Waals surface area contributed by atoms with Crippen LogP contribution in [0.5, 0.6) is 11.5 Å². The molecule has 0 saturated heterocycles. The van der Waals surface area contributed by atoms with Crippen LogP contribution in [0.25, 0.3) is 11.1 Å². The Kier molecular flexibility index (Phi) is 4.18. The first-order valence-electron chi connectivity index (χ1n) is 6.06. The predicted octanol–water partition coefficient (Wildman–Crippen LogP) is 3.09. The highest BCUT2D eigenvalue weighted by Gasteiger charge is 2.13. The number of nitro benzene ring substituents is 1. The van der Waals surface area contributed by atoms with Gasteiger partial charge in [-0.05, 0) is 35.4 Å². The number of benzene rings is 2. The second-order valence-corrected chi connectivity index (χ2v) is 4.22. The minimum Gasteiger partial charge on any atom is -0.493 e. The van der Waals surface area contributed by atoms with Crippen LogP contribution in [0.4, 0.5) is 5.69 Å². The van der Waals surface area contributed by atoms with Crippen LogP contribution >= 0.6 is 0 Å². The third-order valence-corrected chi connectivity index (χ3v) is 3.05. The first-order chi connectivity index (χ1) is 10.1. The molecule has 0 amide bonds. The van der Waals surface area contributed by atoms with Crippen LogP contribution in [0.1, 0.15) is 10.4 Å². The Balaban J connectivity index is 2.53. The highest BCUT2D eigenvalue weighted by atomic mass is 16.6. The van der Waals surface area contributed by atoms with Gasteiger partial charge >= 0.3 is 0 Å². The second-order valence-electron chi connectivity index (χ2n) is 4.22. The number of hydrogen-bond donors (Lipinski definition) is 0. The van der Waals surface area contributed by atoms with Gasteiger partial charge in [0.25, 0.3) is 5.69 Å². The number of ether oxygens (including phenoxy) is 2. The first-order valence-corrected chi connectivity index (χ1v) is 6.06. The van der Waals surface area contributed by atoms with Crippen molar-refractivity contribution in [1.29, 1.82) is 0 Å². The van der Waals surface area contributed by atoms with Gasteiger partial charge in [-0.15, -0.1) is 0 Å². The Morgan fingerprint density at radius 1 is 1.05 bits per heavy atom. The average molecular weight is 287 g/mol. The topological polar surface area (TPSA) is 78.7 Å². The summed E-state index contributed by atoms with van der Waals surface area (Å²) < 4.78 is 10.4. The van der Waals surface area contributed by atoms with Crippen LogP contribution in [-0.2, 0) is 0 Å². The van der Waals surface area contributed by atoms with Gasteiger partial charge in [-0.1, -0.05) is 0 Å². The number of non-ortho nitro benzene ring substituents is 1. The molecule has 0 aliphatic carbocycles. The summed E-state index contributed by atoms with van der Waals surface area (Å²) in [5, 5.41) is 10.7. The standard InChI is InChI=1S/C15H13NO5/c1-20-14-8-11(7-12(9-17)15(14)21-2)10-3-5-13(6-4-10)16(18)19/h3-9H,1-2H3. The molecule has 2 aromatic carbocycles. The van der Waals surface area contributed by atoms with Gasteiger partial charge in [-0.25, -0.2) is 0 Å². The third kappa shape index (κ3) is 2.84. The lowest BCUT2D eigenvalue weighted by molar-refractivity contribution is -0.384. The molecule has 0 N–H and O–H groups in total. The lowest BCUT2D eigenvalue weighted by Gasteiger charge is -2.12. The summed E-state index contributed by atoms with van der Waals surface area (Å²) in [4.78, 5) is 21.3. The Labute approximate surface area is 121 Å². The van der Waals surface area contributed by atoms with Crippen molar-refractivity contribution in [2.75, 3.05) is 14.2 Å². The number of methoxy groups -OCH3 is 2. The van der Waals surface area contributed by atoms with Gasteiger partial charge in [-0.2, -0.15) is 0 Å². The fourth-order valence-corrected chi connectivity index (χ4v) is 2.02. The van der Waals surface area contributed by atoms with Gasteiger partial charge < -0.3 is 9.47 Å². The van der Waals surface area contributed by atoms with Crippen LogP contribution in [0, 0.1) is 10.1 Å². The number of aldehydes is 1. The van der Waals surface area contributed by atoms with Crippen molar-refractivity contribution in [3.05, 3.63) is 52.1 Å². The van der Waals surface area contributed by atoms with E-state index >= 15 is 0 Å². The minimum atomic E-state index is -0.463. The molecule has 0 aliphatic heterocycles. The van der Waals surface area contributed by atoms with E-state index in [2.05, 4.69) is 0 Å². The molecule has 0 aliphatic rings. The predicted molar refractivity (Wildman–Crippen MR) is 77.0 cm³/mol. The molecule has 0 fully saturated rings. The third-order valence-electron chi connectivity index (χ3n) is 3.05. The fraction of sp³-hybridized carbons (Fsp3) is 0.133. The van der Waals surface area contributed by atoms with E-state index < -0.39 is 4.92 Å². The number of carbonyl (C=O) groups excluding carboxylic acids is 1. The van der Waals surface area contributed by atoms with Crippen molar-refractivity contribution in [1.82, 2.24) is 0 Å². The van der Waals surface area contributed by atoms with Crippen molar-refractivity contribution >= 4 is 12.0 Å². The summed E-state index contributed by atoms with van der Waals surface area (Å²) in [5.41, 5.74) is 1.81. The average Bonchev–Trinajstić information content (AvgIpc) is 2.53. The van der Waals surface area contributed by atoms with Crippen LogP contribution in [-0.4, -0.2) is 25.4 Å². The molecule has 0 radical (unpaired) electrons. The van der Waals surface area contributed by atoms with Crippen molar-refractivity contribution < 1.29 is 19.2 Å². The zero-order chi connectivity index (χ0) is 15.4. The van der Waals surface area contributed by atoms with Gasteiger partial charge in [0.1, 0.15) is 0 Å². The molecule has 108 valence electrons. The zero-order valence-corrected chi connectivity index (χ0v) is 11.5. The van der Waals surface area contributed by atoms with Crippen LogP contribution < -0.4 is 9.47 Å². The molecule has 0 aromatic heterocycles. The minimum absolute atomic E-state index is 0.00911. The summed E-state index contributed by atoms with van der Waals surface area (Å²) in [6.45, 7) is 0. The summed E-state index contributed by atoms with van der Waals surface area (Å²) in [6, 6.07) is 9.42. The van der Waals surface area contributed by atoms with Gasteiger partial charge in [0.2, 0.25) is 0 Å². The number of hydrogen-bond acceptors (Lipinski definition) is 5. The summed E-state index contributed by atoms with van der Waals surface area (Å²) in [5.74, 6) is 0.786. The molecule has 6 heteroatoms. The van der Waals surface area contributed by atoms with Gasteiger partial charge in [0, 0.05) is 12.1 Å². The maximum Gasteiger partial charge on any atom is 0.269 e. The molecule has 0 saturated carbocycles. The van der Waals surface area contributed by atoms with Crippen molar-refractivity contribution in [3.8, 4) is 22.6 Å². The molecular formula is C15H13NO5. The number of rotatable bonds is 5. The van der Waals surface area contributed by atoms with E-state index in [0.29, 0.717) is 28.9 Å². The SMILES string of the molecule is COc1cc(-c2ccc([N+](=O)[O-])cc2)cc(C=O)c1OC. The maximum absolute atomic E-state index is 11.2. The summed E-state index contributed by atoms with van der Waals surface area (Å²) in [7, 11) is 2.93. The lowest BCUT2D eigenvalue weighted by atomic mass is 10.0. The molecule has 0 bridgehead atoms. The van der Waals surface area contributed by atoms with E-state index in [1.165, 1.54) is 26.4 Å². The molecule has 0 unspecified atom stereocenters. The monoisotopic (exact) mass is 287 g/mol. The first kappa shape index (κ1) is 14.5. The number of nitro groups is 1. The quantitative estimate of drug-likeness (QED) is 0.479. The van der Waals surface area contributed by atoms with E-state index in [-0.39, 0.29) is 5.69 Å². The zero-order valence-electron chi connectivity index (χ0n) is 11.5. The largest absolute Gasteiger partial charge is 0.493 e. The molecule has 2 aromatic rings. The molecule has 2 rings (SSSR count). The van der Waals surface area contributed by atoms with Gasteiger partial charge in [0.15, 0.2) is 17.8 Å². The molecule has 0 atom stereocenters. The van der Waals surface area contributed by atoms with Crippen molar-refractivity contribution in [2.45, 2.75) is 0 Å². The normalized spacial score (nSPS) is 10.0. The van der Waals surface area contributed by atoms with E-state index in [9.17, 15) is 14.9 Å². The van der Waals surface area contributed by atoms with Crippen LogP contribution in [0.3, 0.4) is 0 Å². The van der Waals surface area contributed by atoms with Crippen molar-refractivity contribution in [2.24, 2.45) is 0 Å². The highest BCUT2D eigenvalue weighted by Crippen LogP contribution is 2.35. The molecule has 21 heavy (non-hydrogen) atoms. The van der Waals surface area contributed by atoms with Crippen LogP contribution in [0.2, 0.25) is 0 Å². The fourth-order valence-electron chi connectivity index (χ4n) is 2.02. The van der Waals surface area contributed by atoms with Crippen LogP contribution in [0.15, 0.2) is 36.4 Å². The number of carbonyl (C=O) groups is 1. The molecular weight excluding hydrogens is 274 g/mol. The molecule has 6 nitrogen and oxygen atoms in total. The lowest BCUT2D eigenvalue weighted by Crippen LogP contribution is -1.96.